The van der Waals surface area contributed by atoms with Crippen molar-refractivity contribution in [2.75, 3.05) is 45.5 Å². The number of carbonyl (C=O) groups is 1. The van der Waals surface area contributed by atoms with Gasteiger partial charge in [0.25, 0.3) is 5.91 Å². The van der Waals surface area contributed by atoms with Crippen LogP contribution in [0.3, 0.4) is 0 Å². The predicted octanol–water partition coefficient (Wildman–Crippen LogP) is 1.26. The molecule has 3 rings (SSSR count). The summed E-state index contributed by atoms with van der Waals surface area (Å²) in [5, 5.41) is 0. The first-order valence-electron chi connectivity index (χ1n) is 10.1. The SMILES string of the molecule is Cc1nc(C(=O)N2CCN(C(C)C)CC2)c(C)n1C1CCN(S(C)(=O)=O)CC1. The third-order valence-electron chi connectivity index (χ3n) is 6.12. The normalized spacial score (nSPS) is 20.9. The standard InChI is InChI=1S/C19H33N5O3S/c1-14(2)21-10-12-22(13-11-21)19(25)18-15(3)24(16(4)20-18)17-6-8-23(9-7-17)28(5,26)27/h14,17H,6-13H2,1-5H3. The van der Waals surface area contributed by atoms with Gasteiger partial charge in [-0.1, -0.05) is 0 Å². The number of rotatable bonds is 4. The summed E-state index contributed by atoms with van der Waals surface area (Å²) in [6, 6.07) is 0.683. The number of amides is 1. The molecule has 0 spiro atoms. The molecule has 2 saturated heterocycles. The molecule has 2 aliphatic rings. The number of nitrogens with zero attached hydrogens (tertiary/aromatic N) is 5. The molecule has 2 fully saturated rings. The van der Waals surface area contributed by atoms with Crippen LogP contribution in [0.2, 0.25) is 0 Å². The fourth-order valence-electron chi connectivity index (χ4n) is 4.42. The quantitative estimate of drug-likeness (QED) is 0.745. The Morgan fingerprint density at radius 1 is 1.04 bits per heavy atom. The largest absolute Gasteiger partial charge is 0.335 e. The van der Waals surface area contributed by atoms with Gasteiger partial charge in [0.1, 0.15) is 11.5 Å². The van der Waals surface area contributed by atoms with Crippen LogP contribution in [0.15, 0.2) is 0 Å². The molecule has 158 valence electrons. The summed E-state index contributed by atoms with van der Waals surface area (Å²) in [7, 11) is -3.14. The Bertz CT molecular complexity index is 817. The van der Waals surface area contributed by atoms with Crippen LogP contribution in [-0.4, -0.2) is 89.5 Å². The number of piperazine rings is 1. The van der Waals surface area contributed by atoms with Crippen LogP contribution in [0.4, 0.5) is 0 Å². The Hall–Kier alpha value is -1.45. The fraction of sp³-hybridized carbons (Fsp3) is 0.789. The molecule has 1 amide bonds. The van der Waals surface area contributed by atoms with Crippen molar-refractivity contribution >= 4 is 15.9 Å². The number of imidazole rings is 1. The maximum Gasteiger partial charge on any atom is 0.274 e. The van der Waals surface area contributed by atoms with E-state index in [0.717, 1.165) is 50.5 Å². The van der Waals surface area contributed by atoms with Gasteiger partial charge in [-0.25, -0.2) is 17.7 Å². The number of piperidine rings is 1. The highest BCUT2D eigenvalue weighted by Crippen LogP contribution is 2.28. The van der Waals surface area contributed by atoms with Gasteiger partial charge in [-0.15, -0.1) is 0 Å². The molecule has 0 radical (unpaired) electrons. The van der Waals surface area contributed by atoms with E-state index in [2.05, 4.69) is 28.3 Å². The molecule has 1 aromatic rings. The molecule has 0 atom stereocenters. The van der Waals surface area contributed by atoms with Crippen molar-refractivity contribution in [2.24, 2.45) is 0 Å². The summed E-state index contributed by atoms with van der Waals surface area (Å²) in [5.41, 5.74) is 1.44. The molecule has 0 aromatic carbocycles. The molecule has 0 saturated carbocycles. The summed E-state index contributed by atoms with van der Waals surface area (Å²) in [4.78, 5) is 22.0. The molecule has 2 aliphatic heterocycles. The first-order chi connectivity index (χ1) is 13.1. The number of aryl methyl sites for hydroxylation is 1. The molecule has 8 nitrogen and oxygen atoms in total. The highest BCUT2D eigenvalue weighted by Gasteiger charge is 2.31. The molecular formula is C19H33N5O3S. The van der Waals surface area contributed by atoms with Gasteiger partial charge in [-0.05, 0) is 40.5 Å². The molecule has 0 bridgehead atoms. The van der Waals surface area contributed by atoms with Crippen molar-refractivity contribution in [3.8, 4) is 0 Å². The minimum atomic E-state index is -3.14. The van der Waals surface area contributed by atoms with E-state index in [1.54, 1.807) is 0 Å². The smallest absolute Gasteiger partial charge is 0.274 e. The molecule has 28 heavy (non-hydrogen) atoms. The van der Waals surface area contributed by atoms with E-state index in [1.165, 1.54) is 10.6 Å². The molecule has 0 unspecified atom stereocenters. The van der Waals surface area contributed by atoms with Gasteiger partial charge < -0.3 is 9.47 Å². The van der Waals surface area contributed by atoms with Crippen LogP contribution in [-0.2, 0) is 10.0 Å². The van der Waals surface area contributed by atoms with Crippen LogP contribution in [0.25, 0.3) is 0 Å². The minimum absolute atomic E-state index is 0.0105. The van der Waals surface area contributed by atoms with E-state index in [-0.39, 0.29) is 11.9 Å². The number of aromatic nitrogens is 2. The zero-order chi connectivity index (χ0) is 20.6. The predicted molar refractivity (Wildman–Crippen MR) is 109 cm³/mol. The first kappa shape index (κ1) is 21.3. The second-order valence-electron chi connectivity index (χ2n) is 8.28. The van der Waals surface area contributed by atoms with Gasteiger partial charge in [0.2, 0.25) is 10.0 Å². The van der Waals surface area contributed by atoms with Crippen LogP contribution < -0.4 is 0 Å². The average Bonchev–Trinajstić information content (AvgIpc) is 2.95. The van der Waals surface area contributed by atoms with Crippen LogP contribution >= 0.6 is 0 Å². The number of hydrogen-bond acceptors (Lipinski definition) is 5. The lowest BCUT2D eigenvalue weighted by molar-refractivity contribution is 0.0589. The molecular weight excluding hydrogens is 378 g/mol. The summed E-state index contributed by atoms with van der Waals surface area (Å²) in [5.74, 6) is 0.843. The van der Waals surface area contributed by atoms with E-state index in [1.807, 2.05) is 18.7 Å². The summed E-state index contributed by atoms with van der Waals surface area (Å²) in [6.45, 7) is 12.5. The van der Waals surface area contributed by atoms with E-state index in [0.29, 0.717) is 24.8 Å². The number of carbonyl (C=O) groups excluding carboxylic acids is 1. The van der Waals surface area contributed by atoms with E-state index in [4.69, 9.17) is 0 Å². The third-order valence-corrected chi connectivity index (χ3v) is 7.42. The zero-order valence-corrected chi connectivity index (χ0v) is 18.5. The first-order valence-corrected chi connectivity index (χ1v) is 12.0. The van der Waals surface area contributed by atoms with Crippen molar-refractivity contribution in [3.63, 3.8) is 0 Å². The average molecular weight is 412 g/mol. The van der Waals surface area contributed by atoms with Gasteiger partial charge in [0, 0.05) is 57.0 Å². The van der Waals surface area contributed by atoms with Gasteiger partial charge in [-0.3, -0.25) is 9.69 Å². The van der Waals surface area contributed by atoms with E-state index < -0.39 is 10.0 Å². The lowest BCUT2D eigenvalue weighted by Crippen LogP contribution is -2.50. The minimum Gasteiger partial charge on any atom is -0.335 e. The molecule has 9 heteroatoms. The second-order valence-corrected chi connectivity index (χ2v) is 10.3. The van der Waals surface area contributed by atoms with Crippen molar-refractivity contribution in [3.05, 3.63) is 17.2 Å². The Morgan fingerprint density at radius 3 is 2.11 bits per heavy atom. The third kappa shape index (κ3) is 4.26. The van der Waals surface area contributed by atoms with Crippen LogP contribution in [0, 0.1) is 13.8 Å². The van der Waals surface area contributed by atoms with Crippen molar-refractivity contribution < 1.29 is 13.2 Å². The molecule has 3 heterocycles. The molecule has 0 N–H and O–H groups in total. The van der Waals surface area contributed by atoms with Gasteiger partial charge in [0.05, 0.1) is 6.26 Å². The Labute approximate surface area is 168 Å². The maximum absolute atomic E-state index is 13.1. The molecule has 1 aromatic heterocycles. The lowest BCUT2D eigenvalue weighted by atomic mass is 10.1. The summed E-state index contributed by atoms with van der Waals surface area (Å²) < 4.78 is 27.2. The molecule has 0 aliphatic carbocycles. The monoisotopic (exact) mass is 411 g/mol. The Kier molecular flexibility index (Phi) is 6.17. The highest BCUT2D eigenvalue weighted by molar-refractivity contribution is 7.88. The Morgan fingerprint density at radius 2 is 1.61 bits per heavy atom. The van der Waals surface area contributed by atoms with Gasteiger partial charge in [0.15, 0.2) is 0 Å². The fourth-order valence-corrected chi connectivity index (χ4v) is 5.29. The second kappa shape index (κ2) is 8.12. The number of sulfonamides is 1. The Balaban J connectivity index is 1.71. The topological polar surface area (TPSA) is 78.8 Å². The lowest BCUT2D eigenvalue weighted by Gasteiger charge is -2.36. The number of hydrogen-bond donors (Lipinski definition) is 0. The van der Waals surface area contributed by atoms with Crippen LogP contribution in [0.5, 0.6) is 0 Å². The van der Waals surface area contributed by atoms with Crippen molar-refractivity contribution in [1.29, 1.82) is 0 Å². The van der Waals surface area contributed by atoms with Crippen molar-refractivity contribution in [2.45, 2.75) is 52.6 Å². The van der Waals surface area contributed by atoms with Gasteiger partial charge in [-0.2, -0.15) is 0 Å². The van der Waals surface area contributed by atoms with Crippen molar-refractivity contribution in [1.82, 2.24) is 23.7 Å². The van der Waals surface area contributed by atoms with E-state index in [9.17, 15) is 13.2 Å². The van der Waals surface area contributed by atoms with E-state index >= 15 is 0 Å². The van der Waals surface area contributed by atoms with Gasteiger partial charge >= 0.3 is 0 Å². The zero-order valence-electron chi connectivity index (χ0n) is 17.7. The highest BCUT2D eigenvalue weighted by atomic mass is 32.2. The summed E-state index contributed by atoms with van der Waals surface area (Å²) in [6.07, 6.45) is 2.74. The van der Waals surface area contributed by atoms with Crippen LogP contribution in [0.1, 0.15) is 54.7 Å². The summed E-state index contributed by atoms with van der Waals surface area (Å²) >= 11 is 0. The maximum atomic E-state index is 13.1.